The zero-order valence-electron chi connectivity index (χ0n) is 17.3. The van der Waals surface area contributed by atoms with Gasteiger partial charge in [-0.3, -0.25) is 9.08 Å². The van der Waals surface area contributed by atoms with Gasteiger partial charge in [-0.05, 0) is 66.6 Å². The zero-order valence-corrected chi connectivity index (χ0v) is 18.9. The Morgan fingerprint density at radius 1 is 1.24 bits per heavy atom. The average molecular weight is 435 g/mol. The first-order valence-electron chi connectivity index (χ1n) is 9.26. The summed E-state index contributed by atoms with van der Waals surface area (Å²) >= 11 is 0.699. The van der Waals surface area contributed by atoms with Crippen LogP contribution in [0.4, 0.5) is 0 Å². The molecule has 29 heavy (non-hydrogen) atoms. The van der Waals surface area contributed by atoms with Crippen LogP contribution in [-0.4, -0.2) is 13.1 Å². The smallest absolute Gasteiger partial charge is 0.280 e. The highest BCUT2D eigenvalue weighted by atomic mass is 32.2. The summed E-state index contributed by atoms with van der Waals surface area (Å²) in [5, 5.41) is 10.9. The summed E-state index contributed by atoms with van der Waals surface area (Å²) in [6.07, 6.45) is 1.36. The maximum Gasteiger partial charge on any atom is 0.357 e. The number of nitriles is 1. The molecule has 0 aliphatic carbocycles. The summed E-state index contributed by atoms with van der Waals surface area (Å²) in [5.74, 6) is 0.192. The maximum atomic E-state index is 13.0. The third-order valence-corrected chi connectivity index (χ3v) is 6.24. The standard InChI is InChI=1S/C21H26N2O4S2/c1-15(13-21(3,4)5)11-17-12-16(2)19(28-14-22)20(24)23(17)27-29(25,26)18-9-7-6-8-10-18/h6-10,12,15H,11,13H2,1-5H3. The number of thioether (sulfide) groups is 1. The van der Waals surface area contributed by atoms with E-state index < -0.39 is 15.7 Å². The molecule has 0 amide bonds. The van der Waals surface area contributed by atoms with Crippen molar-refractivity contribution >= 4 is 21.9 Å². The van der Waals surface area contributed by atoms with Gasteiger partial charge in [0, 0.05) is 0 Å². The lowest BCUT2D eigenvalue weighted by atomic mass is 9.83. The number of pyridine rings is 1. The van der Waals surface area contributed by atoms with Gasteiger partial charge in [0.25, 0.3) is 5.56 Å². The van der Waals surface area contributed by atoms with E-state index in [0.29, 0.717) is 29.4 Å². The Kier molecular flexibility index (Phi) is 7.20. The molecule has 0 aliphatic rings. The molecule has 1 aromatic heterocycles. The number of aromatic nitrogens is 1. The third kappa shape index (κ3) is 6.12. The fourth-order valence-electron chi connectivity index (χ4n) is 3.36. The van der Waals surface area contributed by atoms with E-state index in [9.17, 15) is 13.2 Å². The van der Waals surface area contributed by atoms with Crippen LogP contribution in [0, 0.1) is 28.9 Å². The van der Waals surface area contributed by atoms with Crippen molar-refractivity contribution in [1.29, 1.82) is 5.26 Å². The minimum atomic E-state index is -4.20. The molecule has 0 saturated heterocycles. The van der Waals surface area contributed by atoms with Gasteiger partial charge in [0.1, 0.15) is 10.3 Å². The van der Waals surface area contributed by atoms with Gasteiger partial charge in [0.2, 0.25) is 0 Å². The summed E-state index contributed by atoms with van der Waals surface area (Å²) in [4.78, 5) is 13.1. The first-order valence-corrected chi connectivity index (χ1v) is 11.5. The molecule has 8 heteroatoms. The highest BCUT2D eigenvalue weighted by Gasteiger charge is 2.24. The summed E-state index contributed by atoms with van der Waals surface area (Å²) in [7, 11) is -4.20. The molecule has 0 N–H and O–H groups in total. The second kappa shape index (κ2) is 9.06. The third-order valence-electron chi connectivity index (χ3n) is 4.25. The van der Waals surface area contributed by atoms with E-state index in [1.807, 2.05) is 5.40 Å². The fraction of sp³-hybridized carbons (Fsp3) is 0.429. The van der Waals surface area contributed by atoms with E-state index in [4.69, 9.17) is 9.55 Å². The molecule has 0 fully saturated rings. The van der Waals surface area contributed by atoms with E-state index in [0.717, 1.165) is 11.2 Å². The summed E-state index contributed by atoms with van der Waals surface area (Å²) in [5.41, 5.74) is 0.532. The van der Waals surface area contributed by atoms with Crippen LogP contribution < -0.4 is 9.84 Å². The first kappa shape index (κ1) is 23.0. The molecule has 1 atom stereocenters. The average Bonchev–Trinajstić information content (AvgIpc) is 2.61. The highest BCUT2D eigenvalue weighted by Crippen LogP contribution is 2.27. The number of hydrogen-bond donors (Lipinski definition) is 0. The summed E-state index contributed by atoms with van der Waals surface area (Å²) < 4.78 is 31.5. The van der Waals surface area contributed by atoms with Gasteiger partial charge < -0.3 is 0 Å². The maximum absolute atomic E-state index is 13.0. The Morgan fingerprint density at radius 3 is 2.41 bits per heavy atom. The van der Waals surface area contributed by atoms with Gasteiger partial charge in [0.05, 0.1) is 10.6 Å². The van der Waals surface area contributed by atoms with Crippen molar-refractivity contribution < 1.29 is 12.7 Å². The van der Waals surface area contributed by atoms with Gasteiger partial charge >= 0.3 is 10.1 Å². The molecule has 2 rings (SSSR count). The van der Waals surface area contributed by atoms with Crippen molar-refractivity contribution in [1.82, 2.24) is 4.73 Å². The van der Waals surface area contributed by atoms with E-state index >= 15 is 0 Å². The van der Waals surface area contributed by atoms with Crippen molar-refractivity contribution in [2.75, 3.05) is 0 Å². The normalized spacial score (nSPS) is 13.0. The molecule has 0 aliphatic heterocycles. The lowest BCUT2D eigenvalue weighted by molar-refractivity contribution is 0.239. The molecule has 0 spiro atoms. The molecule has 6 nitrogen and oxygen atoms in total. The minimum Gasteiger partial charge on any atom is -0.280 e. The molecule has 1 heterocycles. The second-order valence-electron chi connectivity index (χ2n) is 8.36. The molecule has 0 bridgehead atoms. The Bertz CT molecular complexity index is 1060. The Labute approximate surface area is 176 Å². The van der Waals surface area contributed by atoms with Crippen molar-refractivity contribution in [3.8, 4) is 5.40 Å². The fourth-order valence-corrected chi connectivity index (χ4v) is 4.78. The van der Waals surface area contributed by atoms with Gasteiger partial charge in [-0.1, -0.05) is 45.9 Å². The van der Waals surface area contributed by atoms with Gasteiger partial charge in [-0.25, -0.2) is 0 Å². The van der Waals surface area contributed by atoms with Crippen molar-refractivity contribution in [2.24, 2.45) is 11.3 Å². The predicted molar refractivity (Wildman–Crippen MR) is 114 cm³/mol. The van der Waals surface area contributed by atoms with Crippen LogP contribution in [0.25, 0.3) is 0 Å². The largest absolute Gasteiger partial charge is 0.357 e. The number of nitrogens with zero attached hydrogens (tertiary/aromatic N) is 2. The summed E-state index contributed by atoms with van der Waals surface area (Å²) in [6, 6.07) is 9.39. The molecule has 156 valence electrons. The van der Waals surface area contributed by atoms with Crippen LogP contribution in [0.3, 0.4) is 0 Å². The van der Waals surface area contributed by atoms with E-state index in [1.54, 1.807) is 31.2 Å². The summed E-state index contributed by atoms with van der Waals surface area (Å²) in [6.45, 7) is 10.2. The van der Waals surface area contributed by atoms with Crippen LogP contribution in [0.15, 0.2) is 51.0 Å². The number of rotatable bonds is 7. The number of aryl methyl sites for hydroxylation is 1. The molecule has 1 unspecified atom stereocenters. The number of hydrogen-bond acceptors (Lipinski definition) is 6. The van der Waals surface area contributed by atoms with Crippen LogP contribution in [0.1, 0.15) is 45.4 Å². The van der Waals surface area contributed by atoms with Gasteiger partial charge in [-0.15, -0.1) is 4.73 Å². The Morgan fingerprint density at radius 2 is 1.86 bits per heavy atom. The van der Waals surface area contributed by atoms with Crippen LogP contribution in [0.5, 0.6) is 0 Å². The Balaban J connectivity index is 2.54. The molecular weight excluding hydrogens is 408 g/mol. The zero-order chi connectivity index (χ0) is 21.8. The molecular formula is C21H26N2O4S2. The lowest BCUT2D eigenvalue weighted by Crippen LogP contribution is -2.35. The van der Waals surface area contributed by atoms with Crippen molar-refractivity contribution in [3.05, 3.63) is 58.0 Å². The monoisotopic (exact) mass is 434 g/mol. The molecule has 1 aromatic carbocycles. The van der Waals surface area contributed by atoms with E-state index in [2.05, 4.69) is 27.7 Å². The number of benzene rings is 1. The minimum absolute atomic E-state index is 0.0457. The van der Waals surface area contributed by atoms with E-state index in [-0.39, 0.29) is 21.1 Å². The molecule has 0 saturated carbocycles. The quantitative estimate of drug-likeness (QED) is 0.480. The Hall–Kier alpha value is -2.24. The predicted octanol–water partition coefficient (Wildman–Crippen LogP) is 4.16. The van der Waals surface area contributed by atoms with Crippen LogP contribution >= 0.6 is 11.8 Å². The van der Waals surface area contributed by atoms with E-state index in [1.165, 1.54) is 12.1 Å². The molecule has 2 aromatic rings. The second-order valence-corrected chi connectivity index (χ2v) is 10.7. The van der Waals surface area contributed by atoms with Gasteiger partial charge in [0.15, 0.2) is 0 Å². The van der Waals surface area contributed by atoms with Crippen molar-refractivity contribution in [3.63, 3.8) is 0 Å². The van der Waals surface area contributed by atoms with Crippen LogP contribution in [0.2, 0.25) is 0 Å². The SMILES string of the molecule is Cc1cc(CC(C)CC(C)(C)C)n(OS(=O)(=O)c2ccccc2)c(=O)c1SC#N. The number of thiocyanates is 1. The van der Waals surface area contributed by atoms with Gasteiger partial charge in [-0.2, -0.15) is 13.7 Å². The lowest BCUT2D eigenvalue weighted by Gasteiger charge is -2.24. The molecule has 0 radical (unpaired) electrons. The van der Waals surface area contributed by atoms with Crippen LogP contribution in [-0.2, 0) is 16.5 Å². The van der Waals surface area contributed by atoms with Crippen molar-refractivity contribution in [2.45, 2.75) is 57.3 Å². The topological polar surface area (TPSA) is 89.2 Å². The highest BCUT2D eigenvalue weighted by molar-refractivity contribution is 8.03. The first-order chi connectivity index (χ1) is 13.4.